The molecule has 1 amide bonds. The zero-order valence-corrected chi connectivity index (χ0v) is 13.7. The molecule has 0 fully saturated rings. The molecular weight excluding hydrogens is 266 g/mol. The number of rotatable bonds is 6. The number of hydrogen-bond donors (Lipinski definition) is 1. The summed E-state index contributed by atoms with van der Waals surface area (Å²) in [5.74, 6) is 0.583. The van der Waals surface area contributed by atoms with Crippen molar-refractivity contribution in [1.82, 2.24) is 15.1 Å². The Morgan fingerprint density at radius 2 is 2.19 bits per heavy atom. The normalized spacial score (nSPS) is 12.1. The molecule has 1 rings (SSSR count). The van der Waals surface area contributed by atoms with Crippen molar-refractivity contribution in [3.8, 4) is 0 Å². The van der Waals surface area contributed by atoms with Crippen molar-refractivity contribution in [3.63, 3.8) is 0 Å². The Morgan fingerprint density at radius 3 is 2.81 bits per heavy atom. The monoisotopic (exact) mass is 293 g/mol. The van der Waals surface area contributed by atoms with Crippen LogP contribution in [0.25, 0.3) is 6.08 Å². The van der Waals surface area contributed by atoms with Crippen LogP contribution < -0.4 is 5.32 Å². The molecule has 5 nitrogen and oxygen atoms in total. The second kappa shape index (κ2) is 7.86. The van der Waals surface area contributed by atoms with Gasteiger partial charge < -0.3 is 10.1 Å². The number of aromatic nitrogens is 2. The molecule has 1 N–H and O–H groups in total. The third kappa shape index (κ3) is 8.17. The van der Waals surface area contributed by atoms with E-state index in [1.807, 2.05) is 50.0 Å². The lowest BCUT2D eigenvalue weighted by molar-refractivity contribution is 0.0529. The average Bonchev–Trinajstić information content (AvgIpc) is 2.73. The Morgan fingerprint density at radius 1 is 1.48 bits per heavy atom. The standard InChI is InChI=1S/C16H27N3O2/c1-13(2)11-19-12-14(10-18-19)8-6-7-9-17-15(20)21-16(3,4)5/h6,8,10,12-13H,7,9,11H2,1-5H3,(H,17,20). The van der Waals surface area contributed by atoms with Crippen molar-refractivity contribution in [2.75, 3.05) is 6.54 Å². The predicted octanol–water partition coefficient (Wildman–Crippen LogP) is 3.47. The average molecular weight is 293 g/mol. The minimum Gasteiger partial charge on any atom is -0.444 e. The van der Waals surface area contributed by atoms with Crippen LogP contribution in [-0.2, 0) is 11.3 Å². The van der Waals surface area contributed by atoms with Crippen molar-refractivity contribution >= 4 is 12.2 Å². The van der Waals surface area contributed by atoms with Crippen molar-refractivity contribution in [1.29, 1.82) is 0 Å². The molecule has 0 atom stereocenters. The first-order valence-corrected chi connectivity index (χ1v) is 7.42. The Labute approximate surface area is 127 Å². The van der Waals surface area contributed by atoms with Crippen molar-refractivity contribution < 1.29 is 9.53 Å². The van der Waals surface area contributed by atoms with Gasteiger partial charge >= 0.3 is 6.09 Å². The van der Waals surface area contributed by atoms with Crippen LogP contribution in [0, 0.1) is 5.92 Å². The van der Waals surface area contributed by atoms with E-state index in [2.05, 4.69) is 24.3 Å². The smallest absolute Gasteiger partial charge is 0.407 e. The Balaban J connectivity index is 2.26. The number of hydrogen-bond acceptors (Lipinski definition) is 3. The fourth-order valence-corrected chi connectivity index (χ4v) is 1.73. The molecule has 0 saturated heterocycles. The van der Waals surface area contributed by atoms with E-state index in [0.717, 1.165) is 18.5 Å². The van der Waals surface area contributed by atoms with Gasteiger partial charge in [-0.3, -0.25) is 4.68 Å². The van der Waals surface area contributed by atoms with Crippen LogP contribution in [-0.4, -0.2) is 28.0 Å². The van der Waals surface area contributed by atoms with Gasteiger partial charge in [-0.2, -0.15) is 5.10 Å². The summed E-state index contributed by atoms with van der Waals surface area (Å²) in [6, 6.07) is 0. The minimum absolute atomic E-state index is 0.374. The van der Waals surface area contributed by atoms with E-state index in [4.69, 9.17) is 4.74 Å². The van der Waals surface area contributed by atoms with Crippen molar-refractivity contribution in [2.24, 2.45) is 5.92 Å². The topological polar surface area (TPSA) is 56.2 Å². The van der Waals surface area contributed by atoms with Gasteiger partial charge in [0.25, 0.3) is 0 Å². The second-order valence-corrected chi connectivity index (χ2v) is 6.51. The molecule has 0 aliphatic heterocycles. The summed E-state index contributed by atoms with van der Waals surface area (Å²) in [5.41, 5.74) is 0.623. The molecule has 0 aliphatic rings. The van der Waals surface area contributed by atoms with Gasteiger partial charge in [0.05, 0.1) is 6.20 Å². The molecule has 5 heteroatoms. The van der Waals surface area contributed by atoms with E-state index in [-0.39, 0.29) is 6.09 Å². The molecule has 118 valence electrons. The zero-order valence-electron chi connectivity index (χ0n) is 13.7. The number of nitrogens with one attached hydrogen (secondary N) is 1. The molecule has 0 unspecified atom stereocenters. The van der Waals surface area contributed by atoms with Gasteiger partial charge in [-0.1, -0.05) is 26.0 Å². The van der Waals surface area contributed by atoms with Crippen LogP contribution in [0.15, 0.2) is 18.5 Å². The number of carbonyl (C=O) groups excluding carboxylic acids is 1. The van der Waals surface area contributed by atoms with Crippen LogP contribution >= 0.6 is 0 Å². The van der Waals surface area contributed by atoms with E-state index < -0.39 is 5.60 Å². The SMILES string of the molecule is CC(C)Cn1cc(C=CCCNC(=O)OC(C)(C)C)cn1. The number of carbonyl (C=O) groups is 1. The molecule has 0 bridgehead atoms. The molecule has 0 aromatic carbocycles. The Hall–Kier alpha value is -1.78. The van der Waals surface area contributed by atoms with E-state index >= 15 is 0 Å². The first-order chi connectivity index (χ1) is 9.76. The summed E-state index contributed by atoms with van der Waals surface area (Å²) < 4.78 is 7.10. The van der Waals surface area contributed by atoms with Gasteiger partial charge in [0, 0.05) is 24.8 Å². The molecule has 1 heterocycles. The van der Waals surface area contributed by atoms with Gasteiger partial charge in [0.1, 0.15) is 5.60 Å². The van der Waals surface area contributed by atoms with E-state index in [1.165, 1.54) is 0 Å². The van der Waals surface area contributed by atoms with E-state index in [0.29, 0.717) is 12.5 Å². The second-order valence-electron chi connectivity index (χ2n) is 6.51. The van der Waals surface area contributed by atoms with Crippen molar-refractivity contribution in [2.45, 2.75) is 53.2 Å². The van der Waals surface area contributed by atoms with Crippen LogP contribution in [0.5, 0.6) is 0 Å². The van der Waals surface area contributed by atoms with E-state index in [9.17, 15) is 4.79 Å². The lowest BCUT2D eigenvalue weighted by atomic mass is 10.2. The highest BCUT2D eigenvalue weighted by molar-refractivity contribution is 5.67. The largest absolute Gasteiger partial charge is 0.444 e. The number of nitrogens with zero attached hydrogens (tertiary/aromatic N) is 2. The fourth-order valence-electron chi connectivity index (χ4n) is 1.73. The Bertz CT molecular complexity index is 470. The molecule has 0 saturated carbocycles. The number of alkyl carbamates (subject to hydrolysis) is 1. The molecule has 0 spiro atoms. The zero-order chi connectivity index (χ0) is 15.9. The molecular formula is C16H27N3O2. The predicted molar refractivity (Wildman–Crippen MR) is 85.0 cm³/mol. The third-order valence-electron chi connectivity index (χ3n) is 2.49. The minimum atomic E-state index is -0.453. The summed E-state index contributed by atoms with van der Waals surface area (Å²) in [7, 11) is 0. The highest BCUT2D eigenvalue weighted by Gasteiger charge is 2.15. The quantitative estimate of drug-likeness (QED) is 0.817. The van der Waals surface area contributed by atoms with Crippen LogP contribution in [0.3, 0.4) is 0 Å². The molecule has 1 aromatic rings. The molecule has 21 heavy (non-hydrogen) atoms. The fraction of sp³-hybridized carbons (Fsp3) is 0.625. The van der Waals surface area contributed by atoms with Gasteiger partial charge in [-0.05, 0) is 33.1 Å². The maximum Gasteiger partial charge on any atom is 0.407 e. The lowest BCUT2D eigenvalue weighted by Crippen LogP contribution is -2.32. The number of amides is 1. The molecule has 0 radical (unpaired) electrons. The first-order valence-electron chi connectivity index (χ1n) is 7.42. The third-order valence-corrected chi connectivity index (χ3v) is 2.49. The van der Waals surface area contributed by atoms with E-state index in [1.54, 1.807) is 0 Å². The molecule has 0 aliphatic carbocycles. The number of ether oxygens (including phenoxy) is 1. The summed E-state index contributed by atoms with van der Waals surface area (Å²) in [6.45, 7) is 11.4. The van der Waals surface area contributed by atoms with Gasteiger partial charge in [-0.25, -0.2) is 4.79 Å². The maximum atomic E-state index is 11.4. The van der Waals surface area contributed by atoms with Gasteiger partial charge in [0.15, 0.2) is 0 Å². The first kappa shape index (κ1) is 17.3. The summed E-state index contributed by atoms with van der Waals surface area (Å²) >= 11 is 0. The highest BCUT2D eigenvalue weighted by Crippen LogP contribution is 2.07. The highest BCUT2D eigenvalue weighted by atomic mass is 16.6. The maximum absolute atomic E-state index is 11.4. The van der Waals surface area contributed by atoms with Crippen molar-refractivity contribution in [3.05, 3.63) is 24.0 Å². The Kier molecular flexibility index (Phi) is 6.46. The molecule has 1 aromatic heterocycles. The van der Waals surface area contributed by atoms with Gasteiger partial charge in [0.2, 0.25) is 0 Å². The van der Waals surface area contributed by atoms with Gasteiger partial charge in [-0.15, -0.1) is 0 Å². The van der Waals surface area contributed by atoms with Crippen LogP contribution in [0.2, 0.25) is 0 Å². The lowest BCUT2D eigenvalue weighted by Gasteiger charge is -2.19. The van der Waals surface area contributed by atoms with Crippen LogP contribution in [0.4, 0.5) is 4.79 Å². The summed E-state index contributed by atoms with van der Waals surface area (Å²) in [4.78, 5) is 11.4. The summed E-state index contributed by atoms with van der Waals surface area (Å²) in [5, 5.41) is 7.02. The van der Waals surface area contributed by atoms with Crippen LogP contribution in [0.1, 0.15) is 46.6 Å². The summed E-state index contributed by atoms with van der Waals surface area (Å²) in [6.07, 6.45) is 8.29.